The van der Waals surface area contributed by atoms with E-state index in [2.05, 4.69) is 9.71 Å². The van der Waals surface area contributed by atoms with Gasteiger partial charge in [0, 0.05) is 37.1 Å². The molecule has 0 radical (unpaired) electrons. The van der Waals surface area contributed by atoms with Crippen molar-refractivity contribution in [2.24, 2.45) is 16.5 Å². The molecule has 2 aromatic carbocycles. The van der Waals surface area contributed by atoms with Gasteiger partial charge in [-0.3, -0.25) is 15.0 Å². The van der Waals surface area contributed by atoms with Crippen molar-refractivity contribution in [1.82, 2.24) is 10.2 Å². The molecule has 0 aliphatic carbocycles. The fourth-order valence-electron chi connectivity index (χ4n) is 2.96. The summed E-state index contributed by atoms with van der Waals surface area (Å²) in [6, 6.07) is 9.11. The normalized spacial score (nSPS) is 12.4. The number of rotatable bonds is 9. The number of carbonyl (C=O) groups is 1. The number of amides is 1. The number of sulfonamides is 1. The topological polar surface area (TPSA) is 163 Å². The van der Waals surface area contributed by atoms with Gasteiger partial charge in [-0.25, -0.2) is 13.9 Å². The predicted molar refractivity (Wildman–Crippen MR) is 112 cm³/mol. The lowest BCUT2D eigenvalue weighted by molar-refractivity contribution is -0.131. The highest BCUT2D eigenvalue weighted by Gasteiger charge is 2.26. The van der Waals surface area contributed by atoms with Gasteiger partial charge in [-0.1, -0.05) is 24.3 Å². The maximum Gasteiger partial charge on any atom is 0.261 e. The van der Waals surface area contributed by atoms with Gasteiger partial charge in [0.25, 0.3) is 5.91 Å². The lowest BCUT2D eigenvalue weighted by Crippen LogP contribution is -2.45. The molecule has 2 aromatic rings. The fourth-order valence-corrected chi connectivity index (χ4v) is 4.42. The van der Waals surface area contributed by atoms with Gasteiger partial charge in [0.05, 0.1) is 4.90 Å². The number of anilines is 1. The monoisotopic (exact) mass is 422 g/mol. The largest absolute Gasteiger partial charge is 0.377 e. The Kier molecular flexibility index (Phi) is 7.37. The van der Waals surface area contributed by atoms with Crippen LogP contribution in [0.2, 0.25) is 0 Å². The lowest BCUT2D eigenvalue weighted by atomic mass is 10.1. The van der Waals surface area contributed by atoms with Crippen molar-refractivity contribution in [3.8, 4) is 0 Å². The van der Waals surface area contributed by atoms with Crippen LogP contribution in [0.4, 0.5) is 5.69 Å². The van der Waals surface area contributed by atoms with Crippen molar-refractivity contribution in [2.75, 3.05) is 25.5 Å². The molecule has 1 atom stereocenters. The van der Waals surface area contributed by atoms with Crippen molar-refractivity contribution in [3.63, 3.8) is 0 Å². The van der Waals surface area contributed by atoms with Gasteiger partial charge in [-0.05, 0) is 25.0 Å². The van der Waals surface area contributed by atoms with Crippen molar-refractivity contribution in [3.05, 3.63) is 36.4 Å². The van der Waals surface area contributed by atoms with Crippen LogP contribution < -0.4 is 26.6 Å². The van der Waals surface area contributed by atoms with Crippen molar-refractivity contribution >= 4 is 38.3 Å². The summed E-state index contributed by atoms with van der Waals surface area (Å²) in [6.07, 6.45) is 0.426. The second-order valence-electron chi connectivity index (χ2n) is 6.62. The van der Waals surface area contributed by atoms with E-state index in [4.69, 9.17) is 16.7 Å². The summed E-state index contributed by atoms with van der Waals surface area (Å²) in [5, 5.41) is 10.3. The fraction of sp³-hybridized carbons (Fsp3) is 0.333. The summed E-state index contributed by atoms with van der Waals surface area (Å²) in [7, 11) is -0.328. The average Bonchev–Trinajstić information content (AvgIpc) is 2.68. The molecule has 0 fully saturated rings. The van der Waals surface area contributed by atoms with E-state index < -0.39 is 22.0 Å². The lowest BCUT2D eigenvalue weighted by Gasteiger charge is -2.19. The molecular weight excluding hydrogens is 396 g/mol. The van der Waals surface area contributed by atoms with E-state index in [1.54, 1.807) is 18.2 Å². The summed E-state index contributed by atoms with van der Waals surface area (Å²) in [5.41, 5.74) is 12.9. The zero-order valence-corrected chi connectivity index (χ0v) is 17.1. The number of benzene rings is 2. The number of hydroxylamine groups is 1. The molecule has 11 heteroatoms. The minimum atomic E-state index is -4.06. The number of hydrogen-bond donors (Lipinski definition) is 5. The maximum atomic E-state index is 13.0. The number of carbonyl (C=O) groups excluding carboxylic acids is 1. The summed E-state index contributed by atoms with van der Waals surface area (Å²) in [5.74, 6) is -0.964. The molecule has 29 heavy (non-hydrogen) atoms. The molecule has 10 nitrogen and oxygen atoms in total. The Balaban J connectivity index is 2.36. The third-order valence-electron chi connectivity index (χ3n) is 4.30. The molecule has 0 aromatic heterocycles. The van der Waals surface area contributed by atoms with Crippen LogP contribution in [0, 0.1) is 0 Å². The number of fused-ring (bicyclic) bond motifs is 1. The molecule has 1 amide bonds. The predicted octanol–water partition coefficient (Wildman–Crippen LogP) is 0.112. The van der Waals surface area contributed by atoms with E-state index in [-0.39, 0.29) is 23.8 Å². The molecule has 158 valence electrons. The van der Waals surface area contributed by atoms with Crippen molar-refractivity contribution in [2.45, 2.75) is 23.8 Å². The summed E-state index contributed by atoms with van der Waals surface area (Å²) >= 11 is 0. The van der Waals surface area contributed by atoms with Gasteiger partial charge >= 0.3 is 0 Å². The Hall–Kier alpha value is -2.89. The van der Waals surface area contributed by atoms with Gasteiger partial charge < -0.3 is 16.4 Å². The van der Waals surface area contributed by atoms with Gasteiger partial charge in [0.15, 0.2) is 5.96 Å². The Bertz CT molecular complexity index is 1000. The molecule has 0 aliphatic rings. The van der Waals surface area contributed by atoms with E-state index in [1.165, 1.54) is 11.5 Å². The Morgan fingerprint density at radius 1 is 1.17 bits per heavy atom. The number of nitrogens with zero attached hydrogens (tertiary/aromatic N) is 2. The smallest absolute Gasteiger partial charge is 0.261 e. The van der Waals surface area contributed by atoms with Crippen LogP contribution >= 0.6 is 0 Å². The number of aliphatic imine (C=N–C) groups is 1. The minimum Gasteiger partial charge on any atom is -0.377 e. The highest BCUT2D eigenvalue weighted by molar-refractivity contribution is 7.89. The molecule has 2 rings (SSSR count). The third-order valence-corrected chi connectivity index (χ3v) is 5.83. The van der Waals surface area contributed by atoms with Gasteiger partial charge in [-0.15, -0.1) is 0 Å². The second-order valence-corrected chi connectivity index (χ2v) is 8.30. The second kappa shape index (κ2) is 9.54. The average molecular weight is 423 g/mol. The van der Waals surface area contributed by atoms with E-state index in [0.717, 1.165) is 11.1 Å². The Labute approximate surface area is 169 Å². The van der Waals surface area contributed by atoms with E-state index in [0.29, 0.717) is 11.8 Å². The first-order valence-electron chi connectivity index (χ1n) is 8.88. The molecular formula is C18H26N6O4S. The highest BCUT2D eigenvalue weighted by Crippen LogP contribution is 2.30. The maximum absolute atomic E-state index is 13.0. The standard InChI is InChI=1S/C18H26N6O4S/c1-24(2)15-9-3-7-13-12(15)6-4-10-16(13)29(27,28)23-14(17(25)22-26)8-5-11-21-18(19)20/h3-4,6-7,9-10,14,23,26H,5,8,11H2,1-2H3,(H,22,25)(H4,19,20,21)/t14-/m0/s1. The van der Waals surface area contributed by atoms with Gasteiger partial charge in [0.2, 0.25) is 10.0 Å². The quantitative estimate of drug-likeness (QED) is 0.126. The molecule has 0 heterocycles. The van der Waals surface area contributed by atoms with Crippen LogP contribution in [-0.2, 0) is 14.8 Å². The van der Waals surface area contributed by atoms with Crippen molar-refractivity contribution in [1.29, 1.82) is 0 Å². The van der Waals surface area contributed by atoms with Crippen LogP contribution in [0.1, 0.15) is 12.8 Å². The molecule has 0 bridgehead atoms. The zero-order chi connectivity index (χ0) is 21.6. The molecule has 0 aliphatic heterocycles. The number of hydrogen-bond acceptors (Lipinski definition) is 6. The van der Waals surface area contributed by atoms with Gasteiger partial charge in [-0.2, -0.15) is 4.72 Å². The summed E-state index contributed by atoms with van der Waals surface area (Å²) in [6.45, 7) is 0.222. The Morgan fingerprint density at radius 2 is 1.83 bits per heavy atom. The van der Waals surface area contributed by atoms with Crippen molar-refractivity contribution < 1.29 is 18.4 Å². The summed E-state index contributed by atoms with van der Waals surface area (Å²) in [4.78, 5) is 17.7. The number of nitrogens with two attached hydrogens (primary N) is 2. The first-order chi connectivity index (χ1) is 13.7. The SMILES string of the molecule is CN(C)c1cccc2c(S(=O)(=O)N[C@@H](CCCN=C(N)N)C(=O)NO)cccc12. The minimum absolute atomic E-state index is 0.0404. The molecule has 7 N–H and O–H groups in total. The van der Waals surface area contributed by atoms with Crippen LogP contribution in [0.15, 0.2) is 46.3 Å². The van der Waals surface area contributed by atoms with E-state index >= 15 is 0 Å². The van der Waals surface area contributed by atoms with Crippen LogP contribution in [0.3, 0.4) is 0 Å². The first-order valence-corrected chi connectivity index (χ1v) is 10.4. The number of nitrogens with one attached hydrogen (secondary N) is 2. The summed E-state index contributed by atoms with van der Waals surface area (Å²) < 4.78 is 28.5. The van der Waals surface area contributed by atoms with Gasteiger partial charge in [0.1, 0.15) is 6.04 Å². The molecule has 0 unspecified atom stereocenters. The third kappa shape index (κ3) is 5.56. The van der Waals surface area contributed by atoms with Crippen LogP contribution in [0.25, 0.3) is 10.8 Å². The van der Waals surface area contributed by atoms with E-state index in [1.807, 2.05) is 31.1 Å². The number of guanidine groups is 1. The highest BCUT2D eigenvalue weighted by atomic mass is 32.2. The molecule has 0 saturated carbocycles. The van der Waals surface area contributed by atoms with E-state index in [9.17, 15) is 13.2 Å². The van der Waals surface area contributed by atoms with Crippen LogP contribution in [0.5, 0.6) is 0 Å². The van der Waals surface area contributed by atoms with Crippen LogP contribution in [-0.4, -0.2) is 52.2 Å². The zero-order valence-electron chi connectivity index (χ0n) is 16.3. The molecule has 0 spiro atoms. The molecule has 0 saturated heterocycles. The first kappa shape index (κ1) is 22.4. The Morgan fingerprint density at radius 3 is 2.45 bits per heavy atom.